The second kappa shape index (κ2) is 4.90. The average molecular weight is 292 g/mol. The van der Waals surface area contributed by atoms with E-state index < -0.39 is 5.24 Å². The van der Waals surface area contributed by atoms with Gasteiger partial charge in [-0.05, 0) is 68.0 Å². The number of carbonyl (C=O) groups excluding carboxylic acids is 1. The number of hydrogen-bond donors (Lipinski definition) is 1. The number of hydrogen-bond acceptors (Lipinski definition) is 2. The van der Waals surface area contributed by atoms with Crippen LogP contribution in [0.25, 0.3) is 10.9 Å². The number of fused-ring (bicyclic) bond motifs is 1. The van der Waals surface area contributed by atoms with Gasteiger partial charge in [0.15, 0.2) is 0 Å². The third kappa shape index (κ3) is 2.60. The molecule has 0 bridgehead atoms. The van der Waals surface area contributed by atoms with Crippen LogP contribution in [0.1, 0.15) is 48.7 Å². The summed E-state index contributed by atoms with van der Waals surface area (Å²) in [5.74, 6) is 0.508. The largest absolute Gasteiger partial charge is 0.376 e. The molecule has 0 saturated carbocycles. The summed E-state index contributed by atoms with van der Waals surface area (Å²) in [6.07, 6.45) is 2.06. The molecule has 0 amide bonds. The first-order valence-corrected chi connectivity index (χ1v) is 7.29. The van der Waals surface area contributed by atoms with Crippen LogP contribution in [0, 0.1) is 0 Å². The molecule has 1 N–H and O–H groups in total. The van der Waals surface area contributed by atoms with E-state index in [2.05, 4.69) is 31.0 Å². The Bertz CT molecular complexity index is 660. The van der Waals surface area contributed by atoms with Crippen molar-refractivity contribution in [3.05, 3.63) is 35.5 Å². The first kappa shape index (κ1) is 13.7. The highest BCUT2D eigenvalue weighted by molar-refractivity contribution is 6.67. The summed E-state index contributed by atoms with van der Waals surface area (Å²) in [4.78, 5) is 14.2. The van der Waals surface area contributed by atoms with Crippen molar-refractivity contribution in [2.45, 2.75) is 38.2 Å². The lowest BCUT2D eigenvalue weighted by Gasteiger charge is -2.35. The molecule has 0 aliphatic carbocycles. The number of nitrogens with one attached hydrogen (secondary N) is 1. The molecule has 0 radical (unpaired) electrons. The van der Waals surface area contributed by atoms with Crippen LogP contribution in [-0.2, 0) is 4.74 Å². The number of ether oxygens (including phenoxy) is 1. The summed E-state index contributed by atoms with van der Waals surface area (Å²) in [5.41, 5.74) is 2.64. The van der Waals surface area contributed by atoms with Gasteiger partial charge in [-0.25, -0.2) is 0 Å². The topological polar surface area (TPSA) is 42.1 Å². The van der Waals surface area contributed by atoms with Gasteiger partial charge in [0.2, 0.25) is 0 Å². The van der Waals surface area contributed by atoms with Gasteiger partial charge in [-0.3, -0.25) is 4.79 Å². The fourth-order valence-electron chi connectivity index (χ4n) is 3.03. The monoisotopic (exact) mass is 291 g/mol. The van der Waals surface area contributed by atoms with Crippen LogP contribution in [0.3, 0.4) is 0 Å². The molecular weight excluding hydrogens is 274 g/mol. The van der Waals surface area contributed by atoms with E-state index in [1.165, 1.54) is 5.56 Å². The number of benzene rings is 1. The van der Waals surface area contributed by atoms with Crippen LogP contribution in [-0.4, -0.2) is 22.4 Å². The first-order chi connectivity index (χ1) is 9.44. The maximum absolute atomic E-state index is 11.2. The number of carbonyl (C=O) groups is 1. The van der Waals surface area contributed by atoms with Gasteiger partial charge in [-0.1, -0.05) is 6.07 Å². The molecule has 3 nitrogen and oxygen atoms in total. The molecule has 2 aromatic rings. The molecule has 3 rings (SSSR count). The normalized spacial score (nSPS) is 22.1. The van der Waals surface area contributed by atoms with Crippen LogP contribution in [0.2, 0.25) is 0 Å². The van der Waals surface area contributed by atoms with E-state index >= 15 is 0 Å². The lowest BCUT2D eigenvalue weighted by Crippen LogP contribution is -2.32. The summed E-state index contributed by atoms with van der Waals surface area (Å²) >= 11 is 5.51. The predicted octanol–water partition coefficient (Wildman–Crippen LogP) is 4.22. The molecule has 106 valence electrons. The summed E-state index contributed by atoms with van der Waals surface area (Å²) in [7, 11) is 0. The van der Waals surface area contributed by atoms with Crippen molar-refractivity contribution in [3.8, 4) is 0 Å². The summed E-state index contributed by atoms with van der Waals surface area (Å²) in [6, 6.07) is 8.13. The highest BCUT2D eigenvalue weighted by atomic mass is 35.5. The highest BCUT2D eigenvalue weighted by Crippen LogP contribution is 2.36. The summed E-state index contributed by atoms with van der Waals surface area (Å²) < 4.78 is 5.77. The standard InChI is InChI=1S/C16H18ClNO2/c1-16(2)9-11(5-6-20-16)10-3-4-13-12(7-10)8-14(18-13)15(17)19/h3-4,7-8,11,18H,5-6,9H2,1-2H3/t11-/m0/s1. The van der Waals surface area contributed by atoms with E-state index in [1.54, 1.807) is 0 Å². The van der Waals surface area contributed by atoms with Crippen LogP contribution >= 0.6 is 11.6 Å². The molecule has 20 heavy (non-hydrogen) atoms. The van der Waals surface area contributed by atoms with Crippen LogP contribution in [0.4, 0.5) is 0 Å². The Hall–Kier alpha value is -1.32. The van der Waals surface area contributed by atoms with Crippen molar-refractivity contribution in [1.29, 1.82) is 0 Å². The Morgan fingerprint density at radius 3 is 2.90 bits per heavy atom. The van der Waals surface area contributed by atoms with Gasteiger partial charge >= 0.3 is 0 Å². The fourth-order valence-corrected chi connectivity index (χ4v) is 3.13. The van der Waals surface area contributed by atoms with Gasteiger partial charge in [-0.2, -0.15) is 0 Å². The Balaban J connectivity index is 1.94. The van der Waals surface area contributed by atoms with E-state index in [1.807, 2.05) is 12.1 Å². The van der Waals surface area contributed by atoms with Crippen molar-refractivity contribution in [3.63, 3.8) is 0 Å². The molecule has 0 unspecified atom stereocenters. The maximum Gasteiger partial charge on any atom is 0.268 e. The minimum atomic E-state index is -0.449. The predicted molar refractivity (Wildman–Crippen MR) is 80.5 cm³/mol. The van der Waals surface area contributed by atoms with Crippen molar-refractivity contribution in [1.82, 2.24) is 4.98 Å². The number of aromatic nitrogens is 1. The lowest BCUT2D eigenvalue weighted by molar-refractivity contribution is -0.0592. The van der Waals surface area contributed by atoms with Crippen molar-refractivity contribution < 1.29 is 9.53 Å². The second-order valence-electron chi connectivity index (χ2n) is 6.10. The third-order valence-corrected chi connectivity index (χ3v) is 4.23. The minimum absolute atomic E-state index is 0.0622. The maximum atomic E-state index is 11.2. The van der Waals surface area contributed by atoms with Crippen molar-refractivity contribution >= 4 is 27.7 Å². The van der Waals surface area contributed by atoms with E-state index in [0.29, 0.717) is 11.6 Å². The Labute approximate surface area is 123 Å². The van der Waals surface area contributed by atoms with E-state index in [4.69, 9.17) is 16.3 Å². The number of rotatable bonds is 2. The van der Waals surface area contributed by atoms with Crippen molar-refractivity contribution in [2.75, 3.05) is 6.61 Å². The minimum Gasteiger partial charge on any atom is -0.376 e. The van der Waals surface area contributed by atoms with Gasteiger partial charge in [0.05, 0.1) is 11.3 Å². The molecule has 1 aliphatic heterocycles. The molecule has 1 atom stereocenters. The molecular formula is C16H18ClNO2. The van der Waals surface area contributed by atoms with Gasteiger partial charge in [0.25, 0.3) is 5.24 Å². The van der Waals surface area contributed by atoms with Gasteiger partial charge in [0, 0.05) is 17.5 Å². The average Bonchev–Trinajstić information content (AvgIpc) is 2.80. The van der Waals surface area contributed by atoms with Gasteiger partial charge < -0.3 is 9.72 Å². The number of H-pyrrole nitrogens is 1. The zero-order chi connectivity index (χ0) is 14.3. The molecule has 4 heteroatoms. The van der Waals surface area contributed by atoms with Gasteiger partial charge in [-0.15, -0.1) is 0 Å². The number of aromatic amines is 1. The zero-order valence-electron chi connectivity index (χ0n) is 11.7. The first-order valence-electron chi connectivity index (χ1n) is 6.91. The molecule has 0 spiro atoms. The number of halogens is 1. The van der Waals surface area contributed by atoms with Crippen molar-refractivity contribution in [2.24, 2.45) is 0 Å². The second-order valence-corrected chi connectivity index (χ2v) is 6.44. The molecule has 2 heterocycles. The van der Waals surface area contributed by atoms with Gasteiger partial charge in [0.1, 0.15) is 0 Å². The van der Waals surface area contributed by atoms with Crippen LogP contribution in [0.15, 0.2) is 24.3 Å². The Morgan fingerprint density at radius 2 is 2.20 bits per heavy atom. The molecule has 1 aromatic carbocycles. The third-order valence-electron chi connectivity index (χ3n) is 4.03. The quantitative estimate of drug-likeness (QED) is 0.842. The molecule has 1 aliphatic rings. The Morgan fingerprint density at radius 1 is 1.40 bits per heavy atom. The van der Waals surface area contributed by atoms with Crippen LogP contribution < -0.4 is 0 Å². The zero-order valence-corrected chi connectivity index (χ0v) is 12.5. The molecule has 1 aromatic heterocycles. The Kier molecular flexibility index (Phi) is 3.35. The molecule has 1 saturated heterocycles. The van der Waals surface area contributed by atoms with E-state index in [0.717, 1.165) is 30.4 Å². The summed E-state index contributed by atoms with van der Waals surface area (Å²) in [5, 5.41) is 0.589. The summed E-state index contributed by atoms with van der Waals surface area (Å²) in [6.45, 7) is 5.07. The molecule has 1 fully saturated rings. The highest BCUT2D eigenvalue weighted by Gasteiger charge is 2.29. The fraction of sp³-hybridized carbons (Fsp3) is 0.438. The lowest BCUT2D eigenvalue weighted by atomic mass is 9.83. The van der Waals surface area contributed by atoms with E-state index in [-0.39, 0.29) is 5.60 Å². The van der Waals surface area contributed by atoms with E-state index in [9.17, 15) is 4.79 Å². The smallest absolute Gasteiger partial charge is 0.268 e. The SMILES string of the molecule is CC1(C)C[C@@H](c2ccc3[nH]c(C(=O)Cl)cc3c2)CCO1. The van der Waals surface area contributed by atoms with Crippen LogP contribution in [0.5, 0.6) is 0 Å².